The van der Waals surface area contributed by atoms with Crippen molar-refractivity contribution in [1.29, 1.82) is 0 Å². The topological polar surface area (TPSA) is 95.1 Å². The molecule has 234 valence electrons. The molecule has 14 heteroatoms. The highest BCUT2D eigenvalue weighted by molar-refractivity contribution is 6.02. The van der Waals surface area contributed by atoms with Crippen molar-refractivity contribution >= 4 is 34.6 Å². The number of benzene rings is 2. The molecule has 0 bridgehead atoms. The van der Waals surface area contributed by atoms with Crippen LogP contribution >= 0.6 is 0 Å². The highest BCUT2D eigenvalue weighted by Gasteiger charge is 2.35. The summed E-state index contributed by atoms with van der Waals surface area (Å²) in [5.41, 5.74) is 0.871. The normalized spacial score (nSPS) is 17.5. The zero-order valence-electron chi connectivity index (χ0n) is 24.3. The van der Waals surface area contributed by atoms with Gasteiger partial charge in [0.25, 0.3) is 0 Å². The molecule has 1 unspecified atom stereocenters. The maximum atomic E-state index is 14.2. The van der Waals surface area contributed by atoms with Gasteiger partial charge in [-0.15, -0.1) is 0 Å². The molecule has 3 heterocycles. The van der Waals surface area contributed by atoms with Gasteiger partial charge in [0.15, 0.2) is 5.82 Å². The maximum absolute atomic E-state index is 14.2. The first-order valence-corrected chi connectivity index (χ1v) is 14.1. The molecule has 0 spiro atoms. The lowest BCUT2D eigenvalue weighted by Gasteiger charge is -2.36. The Morgan fingerprint density at radius 2 is 1.89 bits per heavy atom. The zero-order valence-corrected chi connectivity index (χ0v) is 24.3. The molecular weight excluding hydrogens is 582 g/mol. The summed E-state index contributed by atoms with van der Waals surface area (Å²) in [4.78, 5) is 31.1. The average Bonchev–Trinajstić information content (AvgIpc) is 3.51. The molecule has 0 saturated carbocycles. The number of hydroxylamine groups is 1. The van der Waals surface area contributed by atoms with Gasteiger partial charge >= 0.3 is 6.18 Å². The number of ether oxygens (including phenoxy) is 1. The van der Waals surface area contributed by atoms with Crippen LogP contribution in [0.2, 0.25) is 0 Å². The summed E-state index contributed by atoms with van der Waals surface area (Å²) in [6.45, 7) is 10.1. The van der Waals surface area contributed by atoms with E-state index >= 15 is 0 Å². The number of methoxy groups -OCH3 is 1. The SMILES string of the molecule is C=CC(=O)Nc1cc(Nc2cc(N3OCCC3c3cc(F)cc(C(F)(F)F)c3)ncn2)c(OC)cc1N1CCN(CC)CC1. The first-order valence-electron chi connectivity index (χ1n) is 14.1. The summed E-state index contributed by atoms with van der Waals surface area (Å²) in [6.07, 6.45) is -1.91. The second-order valence-corrected chi connectivity index (χ2v) is 10.3. The van der Waals surface area contributed by atoms with Gasteiger partial charge in [0.1, 0.15) is 23.7 Å². The monoisotopic (exact) mass is 615 g/mol. The Kier molecular flexibility index (Phi) is 9.20. The van der Waals surface area contributed by atoms with Gasteiger partial charge in [0.05, 0.1) is 42.4 Å². The predicted octanol–water partition coefficient (Wildman–Crippen LogP) is 5.54. The Bertz CT molecular complexity index is 1510. The number of alkyl halides is 3. The number of hydrogen-bond acceptors (Lipinski definition) is 9. The van der Waals surface area contributed by atoms with Gasteiger partial charge in [-0.05, 0) is 42.4 Å². The minimum Gasteiger partial charge on any atom is -0.494 e. The van der Waals surface area contributed by atoms with Crippen LogP contribution in [0.25, 0.3) is 0 Å². The van der Waals surface area contributed by atoms with E-state index in [9.17, 15) is 22.4 Å². The number of carbonyl (C=O) groups excluding carboxylic acids is 1. The number of nitrogens with zero attached hydrogens (tertiary/aromatic N) is 5. The lowest BCUT2D eigenvalue weighted by Crippen LogP contribution is -2.46. The number of anilines is 5. The van der Waals surface area contributed by atoms with Crippen molar-refractivity contribution in [3.05, 3.63) is 72.3 Å². The maximum Gasteiger partial charge on any atom is 0.416 e. The first-order chi connectivity index (χ1) is 21.1. The molecule has 0 aliphatic carbocycles. The van der Waals surface area contributed by atoms with Gasteiger partial charge in [-0.1, -0.05) is 13.5 Å². The van der Waals surface area contributed by atoms with Crippen LogP contribution < -0.4 is 25.3 Å². The standard InChI is InChI=1S/C30H33F4N7O3/c1-4-29(42)38-22-15-23(26(43-3)16-25(22)40-9-7-39(5-2)8-10-40)37-27-17-28(36-18-35-27)41-24(6-11-44-41)19-12-20(30(32,33)34)14-21(31)13-19/h4,12-18,24H,1,5-11H2,2-3H3,(H,38,42)(H,35,36,37). The fourth-order valence-corrected chi connectivity index (χ4v) is 5.33. The number of aromatic nitrogens is 2. The minimum atomic E-state index is -4.70. The summed E-state index contributed by atoms with van der Waals surface area (Å²) in [5, 5.41) is 7.42. The van der Waals surface area contributed by atoms with Crippen LogP contribution in [0.15, 0.2) is 55.4 Å². The van der Waals surface area contributed by atoms with Crippen molar-refractivity contribution in [2.75, 3.05) is 67.0 Å². The lowest BCUT2D eigenvalue weighted by molar-refractivity contribution is -0.137. The molecule has 1 atom stereocenters. The van der Waals surface area contributed by atoms with E-state index < -0.39 is 23.6 Å². The summed E-state index contributed by atoms with van der Waals surface area (Å²) < 4.78 is 60.0. The summed E-state index contributed by atoms with van der Waals surface area (Å²) in [5.74, 6) is -0.295. The number of amides is 1. The van der Waals surface area contributed by atoms with Gasteiger partial charge < -0.3 is 25.2 Å². The van der Waals surface area contributed by atoms with E-state index in [0.29, 0.717) is 35.4 Å². The Balaban J connectivity index is 1.44. The van der Waals surface area contributed by atoms with Crippen molar-refractivity contribution in [2.24, 2.45) is 0 Å². The third-order valence-electron chi connectivity index (χ3n) is 7.60. The van der Waals surface area contributed by atoms with Crippen LogP contribution in [0.3, 0.4) is 0 Å². The van der Waals surface area contributed by atoms with E-state index in [-0.39, 0.29) is 23.9 Å². The predicted molar refractivity (Wildman–Crippen MR) is 159 cm³/mol. The first kappa shape index (κ1) is 31.0. The van der Waals surface area contributed by atoms with Crippen molar-refractivity contribution in [2.45, 2.75) is 25.6 Å². The Labute approximate surface area is 252 Å². The van der Waals surface area contributed by atoms with Crippen LogP contribution in [0.5, 0.6) is 5.75 Å². The Morgan fingerprint density at radius 1 is 1.11 bits per heavy atom. The van der Waals surface area contributed by atoms with Crippen LogP contribution in [0.1, 0.15) is 30.5 Å². The molecule has 1 aromatic heterocycles. The fourth-order valence-electron chi connectivity index (χ4n) is 5.33. The van der Waals surface area contributed by atoms with Gasteiger partial charge in [-0.25, -0.2) is 19.4 Å². The van der Waals surface area contributed by atoms with Gasteiger partial charge in [0, 0.05) is 44.7 Å². The van der Waals surface area contributed by atoms with E-state index in [2.05, 4.69) is 43.9 Å². The quantitative estimate of drug-likeness (QED) is 0.238. The summed E-state index contributed by atoms with van der Waals surface area (Å²) in [6, 6.07) is 6.88. The number of piperazine rings is 1. The van der Waals surface area contributed by atoms with E-state index in [1.165, 1.54) is 24.6 Å². The molecule has 2 N–H and O–H groups in total. The van der Waals surface area contributed by atoms with Gasteiger partial charge in [-0.2, -0.15) is 13.2 Å². The Hall–Kier alpha value is -4.43. The highest BCUT2D eigenvalue weighted by Crippen LogP contribution is 2.41. The third-order valence-corrected chi connectivity index (χ3v) is 7.60. The number of hydrogen-bond donors (Lipinski definition) is 2. The smallest absolute Gasteiger partial charge is 0.416 e. The highest BCUT2D eigenvalue weighted by atomic mass is 19.4. The lowest BCUT2D eigenvalue weighted by atomic mass is 10.0. The number of halogens is 4. The molecule has 0 radical (unpaired) electrons. The van der Waals surface area contributed by atoms with Crippen molar-refractivity contribution in [3.63, 3.8) is 0 Å². The van der Waals surface area contributed by atoms with Crippen LogP contribution in [-0.2, 0) is 15.8 Å². The van der Waals surface area contributed by atoms with E-state index in [1.54, 1.807) is 12.1 Å². The number of rotatable bonds is 9. The second-order valence-electron chi connectivity index (χ2n) is 10.3. The zero-order chi connectivity index (χ0) is 31.4. The molecular formula is C30H33F4N7O3. The van der Waals surface area contributed by atoms with Crippen LogP contribution in [0.4, 0.5) is 46.3 Å². The molecule has 2 aliphatic rings. The second kappa shape index (κ2) is 13.1. The minimum absolute atomic E-state index is 0.113. The molecule has 10 nitrogen and oxygen atoms in total. The molecule has 44 heavy (non-hydrogen) atoms. The van der Waals surface area contributed by atoms with Gasteiger partial charge in [0.2, 0.25) is 5.91 Å². The fraction of sp³-hybridized carbons (Fsp3) is 0.367. The molecule has 2 fully saturated rings. The molecule has 5 rings (SSSR count). The molecule has 3 aromatic rings. The molecule has 2 aliphatic heterocycles. The molecule has 2 aromatic carbocycles. The molecule has 2 saturated heterocycles. The Morgan fingerprint density at radius 3 is 2.57 bits per heavy atom. The average molecular weight is 616 g/mol. The van der Waals surface area contributed by atoms with E-state index in [1.807, 2.05) is 6.07 Å². The largest absolute Gasteiger partial charge is 0.494 e. The van der Waals surface area contributed by atoms with Crippen molar-refractivity contribution in [3.8, 4) is 5.75 Å². The summed E-state index contributed by atoms with van der Waals surface area (Å²) >= 11 is 0. The van der Waals surface area contributed by atoms with Crippen molar-refractivity contribution < 1.29 is 31.9 Å². The third kappa shape index (κ3) is 6.86. The molecule has 1 amide bonds. The summed E-state index contributed by atoms with van der Waals surface area (Å²) in [7, 11) is 1.53. The van der Waals surface area contributed by atoms with Crippen LogP contribution in [-0.4, -0.2) is 67.2 Å². The van der Waals surface area contributed by atoms with Crippen molar-refractivity contribution in [1.82, 2.24) is 14.9 Å². The number of nitrogens with one attached hydrogen (secondary N) is 2. The van der Waals surface area contributed by atoms with Gasteiger partial charge in [-0.3, -0.25) is 9.63 Å². The number of carbonyl (C=O) groups is 1. The number of likely N-dealkylation sites (N-methyl/N-ethyl adjacent to an activating group) is 1. The van der Waals surface area contributed by atoms with Crippen LogP contribution in [0, 0.1) is 5.82 Å². The van der Waals surface area contributed by atoms with E-state index in [0.717, 1.165) is 50.5 Å². The van der Waals surface area contributed by atoms with E-state index in [4.69, 9.17) is 9.57 Å².